The molecule has 0 aliphatic heterocycles. The number of rotatable bonds is 4. The van der Waals surface area contributed by atoms with Gasteiger partial charge < -0.3 is 10.6 Å². The van der Waals surface area contributed by atoms with Gasteiger partial charge in [-0.1, -0.05) is 6.07 Å². The molecule has 0 fully saturated rings. The average Bonchev–Trinajstić information content (AvgIpc) is 2.90. The van der Waals surface area contributed by atoms with Gasteiger partial charge in [0.05, 0.1) is 12.2 Å². The number of halogens is 3. The van der Waals surface area contributed by atoms with Gasteiger partial charge in [-0.15, -0.1) is 0 Å². The Kier molecular flexibility index (Phi) is 5.20. The molecule has 0 aliphatic rings. The lowest BCUT2D eigenvalue weighted by Gasteiger charge is -2.12. The van der Waals surface area contributed by atoms with Gasteiger partial charge in [0.2, 0.25) is 0 Å². The second-order valence-electron chi connectivity index (χ2n) is 4.77. The highest BCUT2D eigenvalue weighted by Gasteiger charge is 2.36. The zero-order chi connectivity index (χ0) is 16.9. The molecule has 0 aromatic carbocycles. The normalized spacial score (nSPS) is 12.3. The molecule has 0 aliphatic carbocycles. The lowest BCUT2D eigenvalue weighted by Crippen LogP contribution is -2.36. The molecule has 2 N–H and O–H groups in total. The van der Waals surface area contributed by atoms with E-state index in [1.807, 2.05) is 12.1 Å². The molecule has 0 spiro atoms. The fraction of sp³-hybridized carbons (Fsp3) is 0.357. The molecule has 23 heavy (non-hydrogen) atoms. The standard InChI is InChI=1S/C14H17F3N6/c1-18-13(21-8-11-5-3-4-6-19-11)20-7-10-9-23(2)22-12(10)14(15,16)17/h3-6,9H,7-8H2,1-2H3,(H2,18,20,21). The fourth-order valence-electron chi connectivity index (χ4n) is 1.98. The van der Waals surface area contributed by atoms with Crippen molar-refractivity contribution >= 4 is 5.96 Å². The number of hydrogen-bond acceptors (Lipinski definition) is 3. The molecule has 0 unspecified atom stereocenters. The Morgan fingerprint density at radius 2 is 2.00 bits per heavy atom. The molecule has 2 heterocycles. The number of aliphatic imine (C=N–C) groups is 1. The zero-order valence-electron chi connectivity index (χ0n) is 12.7. The van der Waals surface area contributed by atoms with Crippen molar-refractivity contribution in [2.45, 2.75) is 19.3 Å². The van der Waals surface area contributed by atoms with Crippen LogP contribution < -0.4 is 10.6 Å². The average molecular weight is 326 g/mol. The third-order valence-electron chi connectivity index (χ3n) is 3.01. The van der Waals surface area contributed by atoms with Crippen LogP contribution in [0.15, 0.2) is 35.6 Å². The molecule has 2 rings (SSSR count). The van der Waals surface area contributed by atoms with Crippen LogP contribution in [-0.2, 0) is 26.3 Å². The number of pyridine rings is 1. The summed E-state index contributed by atoms with van der Waals surface area (Å²) in [6.45, 7) is 0.379. The third kappa shape index (κ3) is 4.70. The van der Waals surface area contributed by atoms with Crippen molar-refractivity contribution in [1.82, 2.24) is 25.4 Å². The topological polar surface area (TPSA) is 67.1 Å². The number of aryl methyl sites for hydroxylation is 1. The first-order valence-corrected chi connectivity index (χ1v) is 6.84. The lowest BCUT2D eigenvalue weighted by atomic mass is 10.2. The predicted molar refractivity (Wildman–Crippen MR) is 79.5 cm³/mol. The Morgan fingerprint density at radius 3 is 2.61 bits per heavy atom. The van der Waals surface area contributed by atoms with E-state index in [1.54, 1.807) is 19.3 Å². The van der Waals surface area contributed by atoms with Gasteiger partial charge in [-0.05, 0) is 12.1 Å². The monoisotopic (exact) mass is 326 g/mol. The number of nitrogens with one attached hydrogen (secondary N) is 2. The van der Waals surface area contributed by atoms with Crippen LogP contribution in [0.4, 0.5) is 13.2 Å². The number of aromatic nitrogens is 3. The van der Waals surface area contributed by atoms with E-state index >= 15 is 0 Å². The first-order valence-electron chi connectivity index (χ1n) is 6.84. The maximum Gasteiger partial charge on any atom is 0.435 e. The van der Waals surface area contributed by atoms with Crippen LogP contribution >= 0.6 is 0 Å². The Balaban J connectivity index is 1.96. The van der Waals surface area contributed by atoms with Crippen LogP contribution in [0.1, 0.15) is 17.0 Å². The number of hydrogen-bond donors (Lipinski definition) is 2. The molecular formula is C14H17F3N6. The highest BCUT2D eigenvalue weighted by molar-refractivity contribution is 5.79. The van der Waals surface area contributed by atoms with Gasteiger partial charge in [-0.25, -0.2) is 0 Å². The minimum atomic E-state index is -4.48. The van der Waals surface area contributed by atoms with Crippen LogP contribution in [-0.4, -0.2) is 27.8 Å². The molecule has 9 heteroatoms. The summed E-state index contributed by atoms with van der Waals surface area (Å²) in [5, 5.41) is 9.29. The van der Waals surface area contributed by atoms with E-state index in [0.29, 0.717) is 12.5 Å². The summed E-state index contributed by atoms with van der Waals surface area (Å²) < 4.78 is 39.8. The highest BCUT2D eigenvalue weighted by atomic mass is 19.4. The number of guanidine groups is 1. The minimum absolute atomic E-state index is 0.0371. The largest absolute Gasteiger partial charge is 0.435 e. The molecule has 2 aromatic heterocycles. The molecule has 2 aromatic rings. The number of alkyl halides is 3. The summed E-state index contributed by atoms with van der Waals surface area (Å²) >= 11 is 0. The molecule has 0 amide bonds. The Morgan fingerprint density at radius 1 is 1.26 bits per heavy atom. The van der Waals surface area contributed by atoms with Gasteiger partial charge in [0.15, 0.2) is 11.7 Å². The van der Waals surface area contributed by atoms with E-state index in [2.05, 4.69) is 25.7 Å². The highest BCUT2D eigenvalue weighted by Crippen LogP contribution is 2.30. The van der Waals surface area contributed by atoms with Crippen LogP contribution in [0.3, 0.4) is 0 Å². The quantitative estimate of drug-likeness (QED) is 0.663. The maximum absolute atomic E-state index is 12.9. The van der Waals surface area contributed by atoms with Crippen molar-refractivity contribution in [3.8, 4) is 0 Å². The van der Waals surface area contributed by atoms with E-state index in [4.69, 9.17) is 0 Å². The van der Waals surface area contributed by atoms with Crippen molar-refractivity contribution in [2.24, 2.45) is 12.0 Å². The smallest absolute Gasteiger partial charge is 0.352 e. The molecular weight excluding hydrogens is 309 g/mol. The first kappa shape index (κ1) is 16.8. The van der Waals surface area contributed by atoms with Crippen molar-refractivity contribution < 1.29 is 13.2 Å². The van der Waals surface area contributed by atoms with Gasteiger partial charge in [0, 0.05) is 38.6 Å². The summed E-state index contributed by atoms with van der Waals surface area (Å²) in [6.07, 6.45) is -1.48. The van der Waals surface area contributed by atoms with Crippen molar-refractivity contribution in [2.75, 3.05) is 7.05 Å². The zero-order valence-corrected chi connectivity index (χ0v) is 12.7. The number of nitrogens with zero attached hydrogens (tertiary/aromatic N) is 4. The van der Waals surface area contributed by atoms with Crippen LogP contribution in [0, 0.1) is 0 Å². The summed E-state index contributed by atoms with van der Waals surface area (Å²) in [5.74, 6) is 0.382. The van der Waals surface area contributed by atoms with E-state index in [-0.39, 0.29) is 12.1 Å². The van der Waals surface area contributed by atoms with Crippen molar-refractivity contribution in [1.29, 1.82) is 0 Å². The molecule has 0 bridgehead atoms. The van der Waals surface area contributed by atoms with Crippen LogP contribution in [0.5, 0.6) is 0 Å². The maximum atomic E-state index is 12.9. The Hall–Kier alpha value is -2.58. The van der Waals surface area contributed by atoms with Crippen LogP contribution in [0.25, 0.3) is 0 Å². The van der Waals surface area contributed by atoms with Gasteiger partial charge in [0.25, 0.3) is 0 Å². The van der Waals surface area contributed by atoms with Gasteiger partial charge >= 0.3 is 6.18 Å². The van der Waals surface area contributed by atoms with Gasteiger partial charge in [0.1, 0.15) is 0 Å². The molecule has 0 saturated heterocycles. The predicted octanol–water partition coefficient (Wildman–Crippen LogP) is 1.70. The van der Waals surface area contributed by atoms with E-state index < -0.39 is 11.9 Å². The Bertz CT molecular complexity index is 663. The van der Waals surface area contributed by atoms with E-state index in [9.17, 15) is 13.2 Å². The summed E-state index contributed by atoms with van der Waals surface area (Å²) in [4.78, 5) is 8.12. The first-order chi connectivity index (χ1) is 10.9. The summed E-state index contributed by atoms with van der Waals surface area (Å²) in [6, 6.07) is 5.49. The second-order valence-corrected chi connectivity index (χ2v) is 4.77. The van der Waals surface area contributed by atoms with Gasteiger partial charge in [-0.3, -0.25) is 14.7 Å². The van der Waals surface area contributed by atoms with E-state index in [1.165, 1.54) is 13.2 Å². The minimum Gasteiger partial charge on any atom is -0.352 e. The van der Waals surface area contributed by atoms with E-state index in [0.717, 1.165) is 10.4 Å². The van der Waals surface area contributed by atoms with Gasteiger partial charge in [-0.2, -0.15) is 18.3 Å². The van der Waals surface area contributed by atoms with Crippen molar-refractivity contribution in [3.63, 3.8) is 0 Å². The second kappa shape index (κ2) is 7.12. The molecule has 0 atom stereocenters. The lowest BCUT2D eigenvalue weighted by molar-refractivity contribution is -0.142. The third-order valence-corrected chi connectivity index (χ3v) is 3.01. The van der Waals surface area contributed by atoms with Crippen LogP contribution in [0.2, 0.25) is 0 Å². The van der Waals surface area contributed by atoms with Crippen molar-refractivity contribution in [3.05, 3.63) is 47.5 Å². The summed E-state index contributed by atoms with van der Waals surface area (Å²) in [5.41, 5.74) is -0.0405. The SMILES string of the molecule is CN=C(NCc1ccccn1)NCc1cn(C)nc1C(F)(F)F. The molecule has 0 radical (unpaired) electrons. The molecule has 0 saturated carbocycles. The molecule has 124 valence electrons. The fourth-order valence-corrected chi connectivity index (χ4v) is 1.98. The Labute approximate surface area is 131 Å². The molecule has 6 nitrogen and oxygen atoms in total. The summed E-state index contributed by atoms with van der Waals surface area (Å²) in [7, 11) is 2.99.